The molecule has 37 heavy (non-hydrogen) atoms. The average molecular weight is 515 g/mol. The van der Waals surface area contributed by atoms with Crippen LogP contribution in [0.3, 0.4) is 0 Å². The van der Waals surface area contributed by atoms with E-state index in [9.17, 15) is 14.3 Å². The van der Waals surface area contributed by atoms with Crippen LogP contribution < -0.4 is 10.1 Å². The van der Waals surface area contributed by atoms with Crippen molar-refractivity contribution in [3.05, 3.63) is 41.6 Å². The van der Waals surface area contributed by atoms with Gasteiger partial charge in [-0.15, -0.1) is 0 Å². The van der Waals surface area contributed by atoms with Crippen LogP contribution in [0, 0.1) is 5.92 Å². The normalized spacial score (nSPS) is 18.8. The van der Waals surface area contributed by atoms with Gasteiger partial charge in [0.25, 0.3) is 0 Å². The number of aliphatic imine (C=N–C) groups is 1. The van der Waals surface area contributed by atoms with Crippen molar-refractivity contribution in [1.82, 2.24) is 9.88 Å². The molecular weight excluding hydrogens is 471 g/mol. The van der Waals surface area contributed by atoms with Crippen LogP contribution in [0.2, 0.25) is 0 Å². The van der Waals surface area contributed by atoms with Crippen molar-refractivity contribution in [2.75, 3.05) is 45.8 Å². The van der Waals surface area contributed by atoms with Gasteiger partial charge in [0.1, 0.15) is 17.6 Å². The van der Waals surface area contributed by atoms with Gasteiger partial charge in [-0.3, -0.25) is 19.1 Å². The van der Waals surface area contributed by atoms with Crippen molar-refractivity contribution in [3.8, 4) is 5.75 Å². The number of alkyl halides is 1. The summed E-state index contributed by atoms with van der Waals surface area (Å²) in [6, 6.07) is 1.46. The third kappa shape index (κ3) is 8.12. The molecule has 4 rings (SSSR count). The van der Waals surface area contributed by atoms with E-state index in [1.54, 1.807) is 20.2 Å². The molecule has 2 N–H and O–H groups in total. The highest BCUT2D eigenvalue weighted by Gasteiger charge is 2.38. The summed E-state index contributed by atoms with van der Waals surface area (Å²) in [6.45, 7) is 6.19. The van der Waals surface area contributed by atoms with Gasteiger partial charge in [0.05, 0.1) is 13.8 Å². The van der Waals surface area contributed by atoms with Crippen LogP contribution in [-0.4, -0.2) is 73.2 Å². The Bertz CT molecular complexity index is 951. The number of nitrogens with one attached hydrogen (secondary N) is 1. The zero-order chi connectivity index (χ0) is 26.6. The van der Waals surface area contributed by atoms with E-state index in [1.165, 1.54) is 5.56 Å². The number of carboxylic acids is 1. The number of carbonyl (C=O) groups is 1. The summed E-state index contributed by atoms with van der Waals surface area (Å²) in [5.74, 6) is 1.58. The lowest BCUT2D eigenvalue weighted by Gasteiger charge is -2.27. The number of rotatable bonds is 12. The molecule has 0 bridgehead atoms. The number of allylic oxidation sites excluding steroid dienone is 2. The highest BCUT2D eigenvalue weighted by molar-refractivity contribution is 6.08. The maximum atomic E-state index is 12.0. The number of anilines is 1. The number of nitrogens with zero attached hydrogens (tertiary/aromatic N) is 3. The molecule has 1 saturated carbocycles. The summed E-state index contributed by atoms with van der Waals surface area (Å²) in [5.41, 5.74) is 4.02. The fraction of sp³-hybridized carbons (Fsp3) is 0.621. The SMILES string of the molecule is C=C/C=C(\C(=NC)C1CC1)C(C(=O)O)N1CCCC1.COc1cc(CCCCCF)nc2c1CCCN2. The molecule has 0 aromatic carbocycles. The number of fused-ring (bicyclic) bond motifs is 1. The number of aryl methyl sites for hydroxylation is 1. The number of methoxy groups -OCH3 is 1. The molecule has 7 nitrogen and oxygen atoms in total. The molecule has 2 aliphatic heterocycles. The van der Waals surface area contributed by atoms with Crippen molar-refractivity contribution in [1.29, 1.82) is 0 Å². The van der Waals surface area contributed by atoms with Crippen LogP contribution >= 0.6 is 0 Å². The van der Waals surface area contributed by atoms with E-state index in [-0.39, 0.29) is 6.67 Å². The van der Waals surface area contributed by atoms with E-state index < -0.39 is 12.0 Å². The topological polar surface area (TPSA) is 87.0 Å². The summed E-state index contributed by atoms with van der Waals surface area (Å²) < 4.78 is 17.5. The first-order valence-corrected chi connectivity index (χ1v) is 13.7. The van der Waals surface area contributed by atoms with Gasteiger partial charge in [0.2, 0.25) is 0 Å². The minimum absolute atomic E-state index is 0.220. The second-order valence-electron chi connectivity index (χ2n) is 9.90. The van der Waals surface area contributed by atoms with Crippen molar-refractivity contribution in [3.63, 3.8) is 0 Å². The summed E-state index contributed by atoms with van der Waals surface area (Å²) in [4.78, 5) is 22.7. The maximum absolute atomic E-state index is 12.0. The number of halogens is 1. The number of hydrogen-bond acceptors (Lipinski definition) is 6. The van der Waals surface area contributed by atoms with Crippen molar-refractivity contribution >= 4 is 17.5 Å². The first kappa shape index (κ1) is 28.8. The van der Waals surface area contributed by atoms with Gasteiger partial charge in [-0.1, -0.05) is 25.2 Å². The van der Waals surface area contributed by atoms with Crippen LogP contribution in [0.4, 0.5) is 10.2 Å². The van der Waals surface area contributed by atoms with Gasteiger partial charge in [-0.25, -0.2) is 4.98 Å². The Labute approximate surface area is 220 Å². The number of hydrogen-bond donors (Lipinski definition) is 2. The Morgan fingerprint density at radius 1 is 1.32 bits per heavy atom. The number of carboxylic acid groups (broad SMARTS) is 1. The van der Waals surface area contributed by atoms with Gasteiger partial charge in [-0.05, 0) is 70.9 Å². The zero-order valence-corrected chi connectivity index (χ0v) is 22.5. The van der Waals surface area contributed by atoms with Gasteiger partial charge >= 0.3 is 5.97 Å². The minimum atomic E-state index is -0.781. The van der Waals surface area contributed by atoms with E-state index in [1.807, 2.05) is 17.0 Å². The number of likely N-dealkylation sites (tertiary alicyclic amines) is 1. The van der Waals surface area contributed by atoms with Crippen LogP contribution in [0.15, 0.2) is 35.4 Å². The van der Waals surface area contributed by atoms with E-state index in [0.29, 0.717) is 12.3 Å². The molecule has 8 heteroatoms. The molecule has 1 aromatic heterocycles. The summed E-state index contributed by atoms with van der Waals surface area (Å²) in [5, 5.41) is 12.9. The second-order valence-corrected chi connectivity index (χ2v) is 9.90. The zero-order valence-electron chi connectivity index (χ0n) is 22.5. The van der Waals surface area contributed by atoms with E-state index in [4.69, 9.17) is 4.74 Å². The lowest BCUT2D eigenvalue weighted by molar-refractivity contribution is -0.141. The standard InChI is InChI=1S/C15H22N2O2.C14H21FN2O/c1-3-6-12(13(16-2)11-7-8-11)14(15(18)19)17-9-4-5-10-17;1-18-13-10-11(6-3-2-4-8-15)17-14-12(13)7-5-9-16-14/h3,6,11,14H,1,4-5,7-10H2,2H3,(H,18,19);10H,2-9H2,1H3,(H,16,17)/b12-6+,16-13?;. The first-order chi connectivity index (χ1) is 18.0. The molecule has 1 unspecified atom stereocenters. The van der Waals surface area contributed by atoms with Crippen LogP contribution in [0.25, 0.3) is 0 Å². The molecule has 204 valence electrons. The third-order valence-corrected chi connectivity index (χ3v) is 7.15. The lowest BCUT2D eigenvalue weighted by atomic mass is 9.96. The van der Waals surface area contributed by atoms with Crippen LogP contribution in [0.1, 0.15) is 62.6 Å². The molecule has 1 aromatic rings. The largest absolute Gasteiger partial charge is 0.496 e. The average Bonchev–Trinajstić information content (AvgIpc) is 3.60. The van der Waals surface area contributed by atoms with Crippen molar-refractivity contribution < 1.29 is 19.0 Å². The fourth-order valence-electron chi connectivity index (χ4n) is 5.18. The number of pyridine rings is 1. The first-order valence-electron chi connectivity index (χ1n) is 13.7. The number of unbranched alkanes of at least 4 members (excludes halogenated alkanes) is 2. The Morgan fingerprint density at radius 2 is 2.08 bits per heavy atom. The Balaban J connectivity index is 0.000000206. The predicted octanol–water partition coefficient (Wildman–Crippen LogP) is 5.26. The molecule has 3 aliphatic rings. The molecule has 0 radical (unpaired) electrons. The second kappa shape index (κ2) is 14.9. The van der Waals surface area contributed by atoms with E-state index in [0.717, 1.165) is 106 Å². The molecule has 2 fully saturated rings. The van der Waals surface area contributed by atoms with Gasteiger partial charge in [-0.2, -0.15) is 0 Å². The molecule has 0 amide bonds. The Morgan fingerprint density at radius 3 is 2.68 bits per heavy atom. The van der Waals surface area contributed by atoms with Crippen LogP contribution in [0.5, 0.6) is 5.75 Å². The molecule has 0 spiro atoms. The number of aromatic nitrogens is 1. The molecule has 1 saturated heterocycles. The summed E-state index contributed by atoms with van der Waals surface area (Å²) >= 11 is 0. The van der Waals surface area contributed by atoms with E-state index >= 15 is 0 Å². The quantitative estimate of drug-likeness (QED) is 0.225. The third-order valence-electron chi connectivity index (χ3n) is 7.15. The predicted molar refractivity (Wildman–Crippen MR) is 148 cm³/mol. The van der Waals surface area contributed by atoms with Gasteiger partial charge < -0.3 is 15.2 Å². The van der Waals surface area contributed by atoms with Crippen molar-refractivity contribution in [2.45, 2.75) is 70.3 Å². The Hall–Kier alpha value is -2.74. The van der Waals surface area contributed by atoms with Crippen molar-refractivity contribution in [2.24, 2.45) is 10.9 Å². The highest BCUT2D eigenvalue weighted by atomic mass is 19.1. The number of ether oxygens (including phenoxy) is 1. The summed E-state index contributed by atoms with van der Waals surface area (Å²) in [6.07, 6.45) is 13.5. The van der Waals surface area contributed by atoms with Gasteiger partial charge in [0, 0.05) is 48.1 Å². The monoisotopic (exact) mass is 514 g/mol. The Kier molecular flexibility index (Phi) is 11.6. The fourth-order valence-corrected chi connectivity index (χ4v) is 5.18. The summed E-state index contributed by atoms with van der Waals surface area (Å²) in [7, 11) is 3.46. The molecule has 1 atom stereocenters. The minimum Gasteiger partial charge on any atom is -0.496 e. The lowest BCUT2D eigenvalue weighted by Crippen LogP contribution is -2.43. The number of aliphatic carboxylic acids is 1. The molecular formula is C29H43FN4O3. The van der Waals surface area contributed by atoms with Gasteiger partial charge in [0.15, 0.2) is 0 Å². The van der Waals surface area contributed by atoms with Crippen LogP contribution in [-0.2, 0) is 17.6 Å². The highest BCUT2D eigenvalue weighted by Crippen LogP contribution is 2.35. The molecule has 1 aliphatic carbocycles. The smallest absolute Gasteiger partial charge is 0.325 e. The maximum Gasteiger partial charge on any atom is 0.325 e. The molecule has 3 heterocycles. The van der Waals surface area contributed by atoms with E-state index in [2.05, 4.69) is 21.9 Å².